The second kappa shape index (κ2) is 6.01. The van der Waals surface area contributed by atoms with E-state index >= 15 is 0 Å². The smallest absolute Gasteiger partial charge is 0.249 e. The summed E-state index contributed by atoms with van der Waals surface area (Å²) in [6, 6.07) is 6.52. The van der Waals surface area contributed by atoms with E-state index in [1.807, 2.05) is 0 Å². The summed E-state index contributed by atoms with van der Waals surface area (Å²) < 4.78 is 50.6. The highest BCUT2D eigenvalue weighted by molar-refractivity contribution is 7.98. The number of hydrogen-bond donors (Lipinski definition) is 0. The van der Waals surface area contributed by atoms with Gasteiger partial charge in [0.15, 0.2) is 0 Å². The van der Waals surface area contributed by atoms with Gasteiger partial charge in [-0.15, -0.1) is 11.8 Å². The van der Waals surface area contributed by atoms with Crippen LogP contribution in [0.3, 0.4) is 0 Å². The molecular formula is C13H8ClF4NS. The molecule has 1 nitrogen and oxygen atoms in total. The average Bonchev–Trinajstić information content (AvgIpc) is 2.37. The first-order valence-electron chi connectivity index (χ1n) is 5.47. The van der Waals surface area contributed by atoms with E-state index in [-0.39, 0.29) is 10.8 Å². The summed E-state index contributed by atoms with van der Waals surface area (Å²) in [5.74, 6) is -0.249. The lowest BCUT2D eigenvalue weighted by atomic mass is 10.2. The molecule has 0 aliphatic rings. The van der Waals surface area contributed by atoms with Gasteiger partial charge in [-0.25, -0.2) is 9.37 Å². The van der Waals surface area contributed by atoms with Crippen molar-refractivity contribution in [2.45, 2.75) is 17.0 Å². The van der Waals surface area contributed by atoms with Crippen molar-refractivity contribution in [3.8, 4) is 0 Å². The van der Waals surface area contributed by atoms with Crippen LogP contribution < -0.4 is 0 Å². The van der Waals surface area contributed by atoms with Crippen LogP contribution in [-0.4, -0.2) is 4.98 Å². The fourth-order valence-corrected chi connectivity index (χ4v) is 2.64. The van der Waals surface area contributed by atoms with Gasteiger partial charge in [0, 0.05) is 22.5 Å². The quantitative estimate of drug-likeness (QED) is 0.570. The number of pyridine rings is 1. The van der Waals surface area contributed by atoms with E-state index in [4.69, 9.17) is 11.6 Å². The summed E-state index contributed by atoms with van der Waals surface area (Å²) in [6.07, 6.45) is -3.66. The second-order valence-electron chi connectivity index (χ2n) is 3.87. The summed E-state index contributed by atoms with van der Waals surface area (Å²) in [5, 5.41) is 0.654. The SMILES string of the molecule is Fc1cccc(Cl)c1CSc1ccc(C(F)(F)F)cn1. The molecule has 0 unspecified atom stereocenters. The Kier molecular flexibility index (Phi) is 4.55. The summed E-state index contributed by atoms with van der Waals surface area (Å²) in [5.41, 5.74) is -0.508. The third-order valence-electron chi connectivity index (χ3n) is 2.49. The van der Waals surface area contributed by atoms with Crippen LogP contribution in [0.15, 0.2) is 41.6 Å². The van der Waals surface area contributed by atoms with Gasteiger partial charge in [-0.1, -0.05) is 17.7 Å². The van der Waals surface area contributed by atoms with E-state index in [1.165, 1.54) is 18.2 Å². The van der Waals surface area contributed by atoms with Crippen LogP contribution in [0.25, 0.3) is 0 Å². The Morgan fingerprint density at radius 3 is 2.45 bits per heavy atom. The molecule has 0 radical (unpaired) electrons. The van der Waals surface area contributed by atoms with Crippen molar-refractivity contribution in [2.24, 2.45) is 0 Å². The van der Waals surface area contributed by atoms with Crippen molar-refractivity contribution >= 4 is 23.4 Å². The van der Waals surface area contributed by atoms with Crippen LogP contribution in [-0.2, 0) is 11.9 Å². The van der Waals surface area contributed by atoms with Crippen LogP contribution in [0.1, 0.15) is 11.1 Å². The summed E-state index contributed by atoms with van der Waals surface area (Å²) >= 11 is 6.98. The average molecular weight is 322 g/mol. The van der Waals surface area contributed by atoms with Crippen LogP contribution in [0.2, 0.25) is 5.02 Å². The number of halogens is 5. The fourth-order valence-electron chi connectivity index (χ4n) is 1.45. The molecule has 1 heterocycles. The van der Waals surface area contributed by atoms with Gasteiger partial charge in [0.2, 0.25) is 0 Å². The summed E-state index contributed by atoms with van der Waals surface area (Å²) in [4.78, 5) is 3.70. The van der Waals surface area contributed by atoms with Crippen LogP contribution >= 0.6 is 23.4 Å². The molecule has 106 valence electrons. The monoisotopic (exact) mass is 321 g/mol. The molecule has 0 amide bonds. The van der Waals surface area contributed by atoms with Crippen molar-refractivity contribution in [3.63, 3.8) is 0 Å². The predicted molar refractivity (Wildman–Crippen MR) is 70.2 cm³/mol. The highest BCUT2D eigenvalue weighted by atomic mass is 35.5. The molecule has 0 bridgehead atoms. The van der Waals surface area contributed by atoms with Gasteiger partial charge < -0.3 is 0 Å². The lowest BCUT2D eigenvalue weighted by molar-refractivity contribution is -0.137. The second-order valence-corrected chi connectivity index (χ2v) is 5.27. The number of benzene rings is 1. The number of nitrogens with zero attached hydrogens (tertiary/aromatic N) is 1. The Hall–Kier alpha value is -1.27. The molecule has 0 fully saturated rings. The molecule has 0 spiro atoms. The Morgan fingerprint density at radius 1 is 1.15 bits per heavy atom. The zero-order valence-corrected chi connectivity index (χ0v) is 11.5. The number of thioether (sulfide) groups is 1. The normalized spacial score (nSPS) is 11.7. The van der Waals surface area contributed by atoms with Crippen molar-refractivity contribution in [2.75, 3.05) is 0 Å². The van der Waals surface area contributed by atoms with Crippen LogP contribution in [0, 0.1) is 5.82 Å². The van der Waals surface area contributed by atoms with E-state index < -0.39 is 17.6 Å². The van der Waals surface area contributed by atoms with Gasteiger partial charge in [0.05, 0.1) is 10.6 Å². The minimum Gasteiger partial charge on any atom is -0.249 e. The zero-order valence-electron chi connectivity index (χ0n) is 9.92. The van der Waals surface area contributed by atoms with Crippen molar-refractivity contribution in [1.29, 1.82) is 0 Å². The first-order chi connectivity index (χ1) is 9.38. The molecule has 2 rings (SSSR count). The summed E-state index contributed by atoms with van der Waals surface area (Å²) in [6.45, 7) is 0. The lowest BCUT2D eigenvalue weighted by Crippen LogP contribution is -2.05. The topological polar surface area (TPSA) is 12.9 Å². The Morgan fingerprint density at radius 2 is 1.90 bits per heavy atom. The maximum absolute atomic E-state index is 13.5. The molecular weight excluding hydrogens is 314 g/mol. The maximum atomic E-state index is 13.5. The van der Waals surface area contributed by atoms with Gasteiger partial charge in [-0.05, 0) is 24.3 Å². The molecule has 0 N–H and O–H groups in total. The molecule has 7 heteroatoms. The molecule has 20 heavy (non-hydrogen) atoms. The lowest BCUT2D eigenvalue weighted by Gasteiger charge is -2.07. The molecule has 0 atom stereocenters. The highest BCUT2D eigenvalue weighted by Gasteiger charge is 2.30. The molecule has 0 aliphatic carbocycles. The zero-order chi connectivity index (χ0) is 14.8. The predicted octanol–water partition coefficient (Wildman–Crippen LogP) is 5.19. The summed E-state index contributed by atoms with van der Waals surface area (Å²) in [7, 11) is 0. The molecule has 0 aliphatic heterocycles. The van der Waals surface area contributed by atoms with E-state index in [2.05, 4.69) is 4.98 Å². The van der Waals surface area contributed by atoms with E-state index in [0.29, 0.717) is 10.6 Å². The van der Waals surface area contributed by atoms with Gasteiger partial charge >= 0.3 is 6.18 Å². The number of aromatic nitrogens is 1. The molecule has 1 aromatic heterocycles. The third kappa shape index (κ3) is 3.64. The molecule has 0 saturated heterocycles. The maximum Gasteiger partial charge on any atom is 0.417 e. The number of rotatable bonds is 3. The van der Waals surface area contributed by atoms with E-state index in [0.717, 1.165) is 24.0 Å². The van der Waals surface area contributed by atoms with Gasteiger partial charge in [-0.3, -0.25) is 0 Å². The van der Waals surface area contributed by atoms with Crippen molar-refractivity contribution < 1.29 is 17.6 Å². The Labute approximate surface area is 122 Å². The number of hydrogen-bond acceptors (Lipinski definition) is 2. The Bertz CT molecular complexity index is 578. The molecule has 0 saturated carbocycles. The first kappa shape index (κ1) is 15.1. The van der Waals surface area contributed by atoms with Crippen molar-refractivity contribution in [3.05, 3.63) is 58.5 Å². The van der Waals surface area contributed by atoms with Crippen LogP contribution in [0.5, 0.6) is 0 Å². The standard InChI is InChI=1S/C13H8ClF4NS/c14-10-2-1-3-11(15)9(10)7-20-12-5-4-8(6-19-12)13(16,17)18/h1-6H,7H2. The van der Waals surface area contributed by atoms with Gasteiger partial charge in [0.25, 0.3) is 0 Å². The fraction of sp³-hybridized carbons (Fsp3) is 0.154. The highest BCUT2D eigenvalue weighted by Crippen LogP contribution is 2.31. The van der Waals surface area contributed by atoms with E-state index in [9.17, 15) is 17.6 Å². The van der Waals surface area contributed by atoms with Gasteiger partial charge in [-0.2, -0.15) is 13.2 Å². The minimum absolute atomic E-state index is 0.198. The largest absolute Gasteiger partial charge is 0.417 e. The number of alkyl halides is 3. The Balaban J connectivity index is 2.08. The van der Waals surface area contributed by atoms with Crippen molar-refractivity contribution in [1.82, 2.24) is 4.98 Å². The van der Waals surface area contributed by atoms with Crippen LogP contribution in [0.4, 0.5) is 17.6 Å². The molecule has 2 aromatic rings. The minimum atomic E-state index is -4.41. The van der Waals surface area contributed by atoms with E-state index in [1.54, 1.807) is 6.07 Å². The third-order valence-corrected chi connectivity index (χ3v) is 3.81. The first-order valence-corrected chi connectivity index (χ1v) is 6.83. The van der Waals surface area contributed by atoms with Gasteiger partial charge in [0.1, 0.15) is 5.82 Å². The molecule has 1 aromatic carbocycles.